The van der Waals surface area contributed by atoms with Gasteiger partial charge in [-0.3, -0.25) is 4.79 Å². The maximum Gasteiger partial charge on any atom is 0.158 e. The van der Waals surface area contributed by atoms with Crippen molar-refractivity contribution >= 4 is 5.78 Å². The van der Waals surface area contributed by atoms with Gasteiger partial charge in [0.25, 0.3) is 0 Å². The van der Waals surface area contributed by atoms with E-state index < -0.39 is 11.3 Å². The van der Waals surface area contributed by atoms with Crippen molar-refractivity contribution < 1.29 is 9.53 Å². The Morgan fingerprint density at radius 3 is 2.75 bits per heavy atom. The molecule has 1 aliphatic carbocycles. The standard InChI is InChI=1S/C13H19NO2/c1-12(2)10(15)9(8-14)7-13(3)5-4-6-16-11(12)13/h9,11H,4-7H2,1-3H3/t9?,11-,13?/m0/s1. The largest absolute Gasteiger partial charge is 0.377 e. The first-order valence-corrected chi connectivity index (χ1v) is 5.97. The van der Waals surface area contributed by atoms with Gasteiger partial charge in [0.05, 0.1) is 17.6 Å². The first kappa shape index (κ1) is 11.6. The van der Waals surface area contributed by atoms with Crippen LogP contribution in [0.15, 0.2) is 0 Å². The third-order valence-corrected chi connectivity index (χ3v) is 4.24. The molecule has 2 rings (SSSR count). The van der Waals surface area contributed by atoms with Crippen LogP contribution >= 0.6 is 0 Å². The first-order chi connectivity index (χ1) is 7.42. The van der Waals surface area contributed by atoms with E-state index in [1.165, 1.54) is 0 Å². The second-order valence-corrected chi connectivity index (χ2v) is 5.98. The number of fused-ring (bicyclic) bond motifs is 1. The number of carbonyl (C=O) groups excluding carboxylic acids is 1. The topological polar surface area (TPSA) is 50.1 Å². The Kier molecular flexibility index (Phi) is 2.58. The SMILES string of the molecule is CC12CCCO[C@H]1C(C)(C)C(=O)C(C#N)C2. The van der Waals surface area contributed by atoms with Gasteiger partial charge in [-0.25, -0.2) is 0 Å². The van der Waals surface area contributed by atoms with Crippen LogP contribution in [-0.2, 0) is 9.53 Å². The minimum absolute atomic E-state index is 0.00391. The molecule has 2 unspecified atom stereocenters. The molecule has 0 aromatic rings. The Hall–Kier alpha value is -0.880. The molecular weight excluding hydrogens is 202 g/mol. The molecule has 0 aromatic carbocycles. The quantitative estimate of drug-likeness (QED) is 0.630. The predicted octanol–water partition coefficient (Wildman–Crippen LogP) is 2.31. The van der Waals surface area contributed by atoms with Gasteiger partial charge in [-0.1, -0.05) is 20.8 Å². The number of rotatable bonds is 0. The molecule has 0 bridgehead atoms. The minimum atomic E-state index is -0.520. The molecule has 0 radical (unpaired) electrons. The molecule has 3 nitrogen and oxygen atoms in total. The van der Waals surface area contributed by atoms with Crippen molar-refractivity contribution in [1.82, 2.24) is 0 Å². The summed E-state index contributed by atoms with van der Waals surface area (Å²) in [5, 5.41) is 9.09. The number of ether oxygens (including phenoxy) is 1. The lowest BCUT2D eigenvalue weighted by molar-refractivity contribution is -0.178. The van der Waals surface area contributed by atoms with Gasteiger partial charge in [-0.05, 0) is 24.7 Å². The summed E-state index contributed by atoms with van der Waals surface area (Å²) >= 11 is 0. The number of carbonyl (C=O) groups is 1. The summed E-state index contributed by atoms with van der Waals surface area (Å²) < 4.78 is 5.83. The van der Waals surface area contributed by atoms with Gasteiger partial charge in [0.1, 0.15) is 5.92 Å². The fraction of sp³-hybridized carbons (Fsp3) is 0.846. The Labute approximate surface area is 96.8 Å². The number of nitrogens with zero attached hydrogens (tertiary/aromatic N) is 1. The van der Waals surface area contributed by atoms with Gasteiger partial charge < -0.3 is 4.74 Å². The van der Waals surface area contributed by atoms with Gasteiger partial charge in [-0.15, -0.1) is 0 Å². The lowest BCUT2D eigenvalue weighted by atomic mass is 9.56. The zero-order valence-corrected chi connectivity index (χ0v) is 10.2. The molecule has 1 saturated carbocycles. The third-order valence-electron chi connectivity index (χ3n) is 4.24. The van der Waals surface area contributed by atoms with Crippen LogP contribution in [0.25, 0.3) is 0 Å². The summed E-state index contributed by atoms with van der Waals surface area (Å²) in [5.74, 6) is -0.391. The van der Waals surface area contributed by atoms with E-state index >= 15 is 0 Å². The molecule has 1 aliphatic heterocycles. The van der Waals surface area contributed by atoms with Crippen LogP contribution in [0.1, 0.15) is 40.0 Å². The second-order valence-electron chi connectivity index (χ2n) is 5.98. The van der Waals surface area contributed by atoms with Crippen molar-refractivity contribution in [1.29, 1.82) is 5.26 Å². The summed E-state index contributed by atoms with van der Waals surface area (Å²) in [4.78, 5) is 12.2. The van der Waals surface area contributed by atoms with E-state index in [-0.39, 0.29) is 17.3 Å². The van der Waals surface area contributed by atoms with Crippen LogP contribution in [-0.4, -0.2) is 18.5 Å². The summed E-state index contributed by atoms with van der Waals surface area (Å²) in [7, 11) is 0. The average molecular weight is 221 g/mol. The molecule has 2 fully saturated rings. The van der Waals surface area contributed by atoms with Gasteiger partial charge in [0, 0.05) is 6.61 Å². The molecule has 16 heavy (non-hydrogen) atoms. The van der Waals surface area contributed by atoms with E-state index in [0.717, 1.165) is 19.4 Å². The highest BCUT2D eigenvalue weighted by Crippen LogP contribution is 2.52. The highest BCUT2D eigenvalue weighted by molar-refractivity contribution is 5.90. The van der Waals surface area contributed by atoms with Gasteiger partial charge >= 0.3 is 0 Å². The second kappa shape index (κ2) is 3.56. The number of Topliss-reactive ketones (excluding diaryl/α,β-unsaturated/α-hetero) is 1. The van der Waals surface area contributed by atoms with Crippen molar-refractivity contribution in [3.63, 3.8) is 0 Å². The molecule has 2 aliphatic rings. The number of ketones is 1. The van der Waals surface area contributed by atoms with Gasteiger partial charge in [0.2, 0.25) is 0 Å². The van der Waals surface area contributed by atoms with Crippen LogP contribution in [0, 0.1) is 28.1 Å². The first-order valence-electron chi connectivity index (χ1n) is 5.97. The molecule has 3 atom stereocenters. The van der Waals surface area contributed by atoms with Crippen molar-refractivity contribution in [2.24, 2.45) is 16.7 Å². The normalized spacial score (nSPS) is 42.2. The van der Waals surface area contributed by atoms with Crippen molar-refractivity contribution in [3.05, 3.63) is 0 Å². The molecule has 0 N–H and O–H groups in total. The number of hydrogen-bond donors (Lipinski definition) is 0. The fourth-order valence-corrected chi connectivity index (χ4v) is 3.54. The highest BCUT2D eigenvalue weighted by atomic mass is 16.5. The van der Waals surface area contributed by atoms with Crippen LogP contribution in [0.2, 0.25) is 0 Å². The lowest BCUT2D eigenvalue weighted by Gasteiger charge is -2.52. The number of hydrogen-bond acceptors (Lipinski definition) is 3. The number of nitriles is 1. The van der Waals surface area contributed by atoms with E-state index in [1.807, 2.05) is 13.8 Å². The Morgan fingerprint density at radius 2 is 2.12 bits per heavy atom. The molecule has 0 spiro atoms. The Bertz CT molecular complexity index is 355. The summed E-state index contributed by atoms with van der Waals surface area (Å²) in [6.07, 6.45) is 2.74. The van der Waals surface area contributed by atoms with E-state index in [1.54, 1.807) is 0 Å². The van der Waals surface area contributed by atoms with E-state index in [4.69, 9.17) is 10.00 Å². The molecule has 0 amide bonds. The molecule has 0 aromatic heterocycles. The van der Waals surface area contributed by atoms with Crippen LogP contribution in [0.5, 0.6) is 0 Å². The van der Waals surface area contributed by atoms with E-state index in [9.17, 15) is 4.79 Å². The monoisotopic (exact) mass is 221 g/mol. The van der Waals surface area contributed by atoms with Crippen LogP contribution in [0.3, 0.4) is 0 Å². The molecule has 1 saturated heterocycles. The Balaban J connectivity index is 2.38. The maximum absolute atomic E-state index is 12.2. The third kappa shape index (κ3) is 1.48. The molecule has 88 valence electrons. The lowest BCUT2D eigenvalue weighted by Crippen LogP contribution is -2.58. The molecule has 1 heterocycles. The van der Waals surface area contributed by atoms with Crippen molar-refractivity contribution in [3.8, 4) is 6.07 Å². The zero-order valence-electron chi connectivity index (χ0n) is 10.2. The summed E-state index contributed by atoms with van der Waals surface area (Å²) in [6.45, 7) is 6.75. The van der Waals surface area contributed by atoms with Crippen LogP contribution in [0.4, 0.5) is 0 Å². The zero-order chi connectivity index (χ0) is 12.0. The fourth-order valence-electron chi connectivity index (χ4n) is 3.54. The summed E-state index contributed by atoms with van der Waals surface area (Å²) in [5.41, 5.74) is -0.524. The van der Waals surface area contributed by atoms with E-state index in [2.05, 4.69) is 13.0 Å². The van der Waals surface area contributed by atoms with Crippen molar-refractivity contribution in [2.45, 2.75) is 46.1 Å². The van der Waals surface area contributed by atoms with E-state index in [0.29, 0.717) is 6.42 Å². The smallest absolute Gasteiger partial charge is 0.158 e. The summed E-state index contributed by atoms with van der Waals surface area (Å²) in [6, 6.07) is 2.16. The Morgan fingerprint density at radius 1 is 1.44 bits per heavy atom. The van der Waals surface area contributed by atoms with Crippen molar-refractivity contribution in [2.75, 3.05) is 6.61 Å². The van der Waals surface area contributed by atoms with Crippen LogP contribution < -0.4 is 0 Å². The molecule has 3 heteroatoms. The van der Waals surface area contributed by atoms with Gasteiger partial charge in [0.15, 0.2) is 5.78 Å². The molecular formula is C13H19NO2. The minimum Gasteiger partial charge on any atom is -0.377 e. The van der Waals surface area contributed by atoms with Gasteiger partial charge in [-0.2, -0.15) is 5.26 Å². The highest BCUT2D eigenvalue weighted by Gasteiger charge is 2.56. The maximum atomic E-state index is 12.2. The predicted molar refractivity (Wildman–Crippen MR) is 59.6 cm³/mol. The average Bonchev–Trinajstić information content (AvgIpc) is 2.24.